The molecule has 4 aromatic rings. The van der Waals surface area contributed by atoms with Crippen LogP contribution in [0.3, 0.4) is 0 Å². The van der Waals surface area contributed by atoms with E-state index in [9.17, 15) is 9.59 Å². The molecular weight excluding hydrogens is 386 g/mol. The van der Waals surface area contributed by atoms with Crippen molar-refractivity contribution in [1.82, 2.24) is 0 Å². The van der Waals surface area contributed by atoms with Crippen LogP contribution in [0.2, 0.25) is 0 Å². The van der Waals surface area contributed by atoms with E-state index in [1.807, 2.05) is 48.5 Å². The molecule has 1 aromatic heterocycles. The molecule has 1 N–H and O–H groups in total. The molecule has 0 unspecified atom stereocenters. The molecule has 5 nitrogen and oxygen atoms in total. The summed E-state index contributed by atoms with van der Waals surface area (Å²) in [5, 5.41) is 3.44. The lowest BCUT2D eigenvalue weighted by Crippen LogP contribution is -2.21. The zero-order valence-electron chi connectivity index (χ0n) is 15.5. The largest absolute Gasteiger partial charge is 0.497 e. The van der Waals surface area contributed by atoms with Gasteiger partial charge in [-0.3, -0.25) is 4.79 Å². The zero-order chi connectivity index (χ0) is 20.2. The van der Waals surface area contributed by atoms with Gasteiger partial charge in [-0.15, -0.1) is 0 Å². The van der Waals surface area contributed by atoms with Crippen LogP contribution < -0.4 is 15.7 Å². The average molecular weight is 403 g/mol. The summed E-state index contributed by atoms with van der Waals surface area (Å²) in [6, 6.07) is 23.9. The highest BCUT2D eigenvalue weighted by atomic mass is 32.2. The fourth-order valence-electron chi connectivity index (χ4n) is 2.85. The molecule has 144 valence electrons. The van der Waals surface area contributed by atoms with Gasteiger partial charge in [-0.05, 0) is 48.5 Å². The van der Waals surface area contributed by atoms with Crippen LogP contribution in [0.4, 0.5) is 5.69 Å². The van der Waals surface area contributed by atoms with Crippen LogP contribution in [-0.2, 0) is 0 Å². The van der Waals surface area contributed by atoms with Gasteiger partial charge in [0.15, 0.2) is 0 Å². The van der Waals surface area contributed by atoms with Crippen LogP contribution in [0, 0.1) is 0 Å². The van der Waals surface area contributed by atoms with Gasteiger partial charge in [-0.1, -0.05) is 42.1 Å². The van der Waals surface area contributed by atoms with E-state index in [-0.39, 0.29) is 5.56 Å². The predicted molar refractivity (Wildman–Crippen MR) is 114 cm³/mol. The third-order valence-corrected chi connectivity index (χ3v) is 5.37. The monoisotopic (exact) mass is 403 g/mol. The number of benzene rings is 3. The number of ether oxygens (including phenoxy) is 1. The first kappa shape index (κ1) is 18.8. The van der Waals surface area contributed by atoms with Crippen molar-refractivity contribution in [2.24, 2.45) is 0 Å². The Morgan fingerprint density at radius 1 is 0.966 bits per heavy atom. The van der Waals surface area contributed by atoms with Crippen molar-refractivity contribution in [3.05, 3.63) is 94.8 Å². The molecule has 0 atom stereocenters. The van der Waals surface area contributed by atoms with E-state index >= 15 is 0 Å². The van der Waals surface area contributed by atoms with Crippen LogP contribution in [-0.4, -0.2) is 13.0 Å². The Kier molecular flexibility index (Phi) is 5.35. The van der Waals surface area contributed by atoms with Crippen molar-refractivity contribution in [1.29, 1.82) is 0 Å². The molecule has 0 spiro atoms. The maximum absolute atomic E-state index is 12.8. The first-order valence-electron chi connectivity index (χ1n) is 8.89. The average Bonchev–Trinajstić information content (AvgIpc) is 2.75. The molecule has 0 bridgehead atoms. The van der Waals surface area contributed by atoms with Gasteiger partial charge in [0.2, 0.25) is 0 Å². The molecule has 0 radical (unpaired) electrons. The van der Waals surface area contributed by atoms with Crippen LogP contribution >= 0.6 is 11.8 Å². The molecule has 0 aliphatic carbocycles. The molecule has 0 saturated carbocycles. The minimum atomic E-state index is -0.687. The Morgan fingerprint density at radius 3 is 2.52 bits per heavy atom. The molecule has 6 heteroatoms. The van der Waals surface area contributed by atoms with Crippen molar-refractivity contribution in [3.63, 3.8) is 0 Å². The van der Waals surface area contributed by atoms with E-state index in [1.54, 1.807) is 31.4 Å². The standard InChI is InChI=1S/C23H17NO4S/c1-27-16-11-12-20-15(13-16)14-18(23(26)28-20)22(25)24-19-9-5-6-10-21(19)29-17-7-3-2-4-8-17/h2-14H,1H3,(H,24,25). The number of methoxy groups -OCH3 is 1. The summed E-state index contributed by atoms with van der Waals surface area (Å²) in [4.78, 5) is 27.1. The van der Waals surface area contributed by atoms with Crippen molar-refractivity contribution in [2.75, 3.05) is 12.4 Å². The zero-order valence-corrected chi connectivity index (χ0v) is 16.4. The number of amides is 1. The lowest BCUT2D eigenvalue weighted by atomic mass is 10.1. The van der Waals surface area contributed by atoms with Crippen molar-refractivity contribution >= 4 is 34.3 Å². The number of rotatable bonds is 5. The quantitative estimate of drug-likeness (QED) is 0.464. The first-order valence-corrected chi connectivity index (χ1v) is 9.71. The number of fused-ring (bicyclic) bond motifs is 1. The lowest BCUT2D eigenvalue weighted by Gasteiger charge is -2.11. The van der Waals surface area contributed by atoms with Gasteiger partial charge in [-0.2, -0.15) is 0 Å². The number of carbonyl (C=O) groups excluding carboxylic acids is 1. The highest BCUT2D eigenvalue weighted by Gasteiger charge is 2.16. The second-order valence-corrected chi connectivity index (χ2v) is 7.33. The first-order chi connectivity index (χ1) is 14.1. The van der Waals surface area contributed by atoms with Gasteiger partial charge in [-0.25, -0.2) is 4.79 Å². The van der Waals surface area contributed by atoms with Gasteiger partial charge in [0, 0.05) is 15.2 Å². The number of para-hydroxylation sites is 1. The topological polar surface area (TPSA) is 68.5 Å². The number of hydrogen-bond donors (Lipinski definition) is 1. The molecule has 29 heavy (non-hydrogen) atoms. The van der Waals surface area contributed by atoms with Crippen molar-refractivity contribution in [3.8, 4) is 5.75 Å². The van der Waals surface area contributed by atoms with Crippen LogP contribution in [0.5, 0.6) is 5.75 Å². The normalized spacial score (nSPS) is 10.7. The third-order valence-electron chi connectivity index (χ3n) is 4.29. The second kappa shape index (κ2) is 8.24. The highest BCUT2D eigenvalue weighted by Crippen LogP contribution is 2.33. The fraction of sp³-hybridized carbons (Fsp3) is 0.0435. The number of hydrogen-bond acceptors (Lipinski definition) is 5. The molecule has 1 amide bonds. The maximum Gasteiger partial charge on any atom is 0.349 e. The summed E-state index contributed by atoms with van der Waals surface area (Å²) in [5.41, 5.74) is 0.266. The third kappa shape index (κ3) is 4.17. The molecule has 0 saturated heterocycles. The van der Waals surface area contributed by atoms with E-state index in [2.05, 4.69) is 5.32 Å². The molecular formula is C23H17NO4S. The van der Waals surface area contributed by atoms with E-state index in [0.717, 1.165) is 9.79 Å². The van der Waals surface area contributed by atoms with Gasteiger partial charge in [0.1, 0.15) is 16.9 Å². The number of carbonyl (C=O) groups is 1. The maximum atomic E-state index is 12.8. The Balaban J connectivity index is 1.65. The molecule has 0 aliphatic heterocycles. The van der Waals surface area contributed by atoms with Crippen molar-refractivity contribution in [2.45, 2.75) is 9.79 Å². The Bertz CT molecular complexity index is 1230. The van der Waals surface area contributed by atoms with Gasteiger partial charge in [0.05, 0.1) is 12.8 Å². The summed E-state index contributed by atoms with van der Waals surface area (Å²) >= 11 is 1.53. The summed E-state index contributed by atoms with van der Waals surface area (Å²) in [6.45, 7) is 0. The second-order valence-electron chi connectivity index (χ2n) is 6.22. The minimum absolute atomic E-state index is 0.0646. The van der Waals surface area contributed by atoms with Crippen LogP contribution in [0.1, 0.15) is 10.4 Å². The lowest BCUT2D eigenvalue weighted by molar-refractivity contribution is 0.102. The van der Waals surface area contributed by atoms with Gasteiger partial charge in [0.25, 0.3) is 5.91 Å². The number of nitrogens with one attached hydrogen (secondary N) is 1. The Hall–Kier alpha value is -3.51. The Morgan fingerprint density at radius 2 is 1.72 bits per heavy atom. The fourth-order valence-corrected chi connectivity index (χ4v) is 3.77. The summed E-state index contributed by atoms with van der Waals surface area (Å²) in [5.74, 6) is 0.0897. The van der Waals surface area contributed by atoms with E-state index < -0.39 is 11.5 Å². The number of anilines is 1. The van der Waals surface area contributed by atoms with E-state index in [1.165, 1.54) is 17.8 Å². The van der Waals surface area contributed by atoms with Gasteiger partial charge >= 0.3 is 5.63 Å². The molecule has 0 fully saturated rings. The Labute approximate surface area is 171 Å². The van der Waals surface area contributed by atoms with E-state index in [4.69, 9.17) is 9.15 Å². The molecule has 1 heterocycles. The SMILES string of the molecule is COc1ccc2oc(=O)c(C(=O)Nc3ccccc3Sc3ccccc3)cc2c1. The minimum Gasteiger partial charge on any atom is -0.497 e. The molecule has 0 aliphatic rings. The van der Waals surface area contributed by atoms with Crippen LogP contribution in [0.15, 0.2) is 97.9 Å². The summed E-state index contributed by atoms with van der Waals surface area (Å²) < 4.78 is 10.5. The summed E-state index contributed by atoms with van der Waals surface area (Å²) in [6.07, 6.45) is 0. The smallest absolute Gasteiger partial charge is 0.349 e. The van der Waals surface area contributed by atoms with Crippen molar-refractivity contribution < 1.29 is 13.9 Å². The molecule has 4 rings (SSSR count). The highest BCUT2D eigenvalue weighted by molar-refractivity contribution is 7.99. The van der Waals surface area contributed by atoms with Gasteiger partial charge < -0.3 is 14.5 Å². The van der Waals surface area contributed by atoms with E-state index in [0.29, 0.717) is 22.4 Å². The molecule has 3 aromatic carbocycles. The summed E-state index contributed by atoms with van der Waals surface area (Å²) in [7, 11) is 1.55. The predicted octanol–water partition coefficient (Wildman–Crippen LogP) is 5.21. The van der Waals surface area contributed by atoms with Crippen LogP contribution in [0.25, 0.3) is 11.0 Å².